The Morgan fingerprint density at radius 3 is 1.87 bits per heavy atom. The first-order valence-electron chi connectivity index (χ1n) is 6.70. The van der Waals surface area contributed by atoms with Gasteiger partial charge in [-0.25, -0.2) is 0 Å². The van der Waals surface area contributed by atoms with Crippen molar-refractivity contribution in [2.75, 3.05) is 0 Å². The second kappa shape index (κ2) is 4.86. The van der Waals surface area contributed by atoms with Crippen molar-refractivity contribution in [3.05, 3.63) is 0 Å². The lowest BCUT2D eigenvalue weighted by Gasteiger charge is -2.42. The molecule has 90 valence electrons. The van der Waals surface area contributed by atoms with Crippen LogP contribution in [0.4, 0.5) is 0 Å². The van der Waals surface area contributed by atoms with Crippen LogP contribution in [0.5, 0.6) is 0 Å². The number of hydrogen-bond donors (Lipinski definition) is 1. The zero-order valence-electron chi connectivity index (χ0n) is 11.1. The summed E-state index contributed by atoms with van der Waals surface area (Å²) in [6.45, 7) is 9.35. The van der Waals surface area contributed by atoms with Crippen LogP contribution in [0.25, 0.3) is 0 Å². The predicted octanol–water partition coefficient (Wildman–Crippen LogP) is 4.11. The van der Waals surface area contributed by atoms with Gasteiger partial charge in [0.1, 0.15) is 0 Å². The van der Waals surface area contributed by atoms with E-state index in [0.29, 0.717) is 5.41 Å². The maximum absolute atomic E-state index is 6.53. The normalized spacial score (nSPS) is 24.4. The summed E-state index contributed by atoms with van der Waals surface area (Å²) in [6.07, 6.45) is 8.91. The molecule has 1 heteroatoms. The van der Waals surface area contributed by atoms with Crippen LogP contribution in [-0.4, -0.2) is 5.54 Å². The molecule has 1 fully saturated rings. The Kier molecular flexibility index (Phi) is 4.22. The van der Waals surface area contributed by atoms with Crippen LogP contribution >= 0.6 is 0 Å². The highest BCUT2D eigenvalue weighted by molar-refractivity contribution is 4.93. The van der Waals surface area contributed by atoms with Crippen molar-refractivity contribution in [1.82, 2.24) is 0 Å². The molecule has 0 radical (unpaired) electrons. The van der Waals surface area contributed by atoms with Crippen LogP contribution in [0.3, 0.4) is 0 Å². The summed E-state index contributed by atoms with van der Waals surface area (Å²) in [5.41, 5.74) is 7.23. The Morgan fingerprint density at radius 1 is 1.00 bits per heavy atom. The molecule has 0 bridgehead atoms. The summed E-state index contributed by atoms with van der Waals surface area (Å²) in [5, 5.41) is 0. The van der Waals surface area contributed by atoms with Crippen LogP contribution in [-0.2, 0) is 0 Å². The first-order chi connectivity index (χ1) is 6.91. The third-order valence-corrected chi connectivity index (χ3v) is 4.45. The molecule has 0 aromatic heterocycles. The van der Waals surface area contributed by atoms with E-state index in [9.17, 15) is 0 Å². The van der Waals surface area contributed by atoms with Crippen molar-refractivity contribution < 1.29 is 0 Å². The van der Waals surface area contributed by atoms with Gasteiger partial charge in [-0.2, -0.15) is 0 Å². The minimum absolute atomic E-state index is 0.159. The summed E-state index contributed by atoms with van der Waals surface area (Å²) in [5.74, 6) is 0.844. The van der Waals surface area contributed by atoms with Crippen molar-refractivity contribution in [2.24, 2.45) is 17.1 Å². The third-order valence-electron chi connectivity index (χ3n) is 4.45. The quantitative estimate of drug-likeness (QED) is 0.744. The highest BCUT2D eigenvalue weighted by atomic mass is 14.7. The topological polar surface area (TPSA) is 26.0 Å². The Bertz CT molecular complexity index is 182. The van der Waals surface area contributed by atoms with Crippen LogP contribution < -0.4 is 5.73 Å². The van der Waals surface area contributed by atoms with Gasteiger partial charge in [-0.15, -0.1) is 0 Å². The molecule has 0 spiro atoms. The van der Waals surface area contributed by atoms with E-state index in [1.807, 2.05) is 0 Å². The Hall–Kier alpha value is -0.0400. The molecule has 1 saturated carbocycles. The van der Waals surface area contributed by atoms with Gasteiger partial charge in [0.25, 0.3) is 0 Å². The molecular weight excluding hydrogens is 182 g/mol. The fraction of sp³-hybridized carbons (Fsp3) is 1.00. The van der Waals surface area contributed by atoms with Crippen LogP contribution in [0.2, 0.25) is 0 Å². The van der Waals surface area contributed by atoms with E-state index in [0.717, 1.165) is 5.92 Å². The summed E-state index contributed by atoms with van der Waals surface area (Å²) in [6, 6.07) is 0. The lowest BCUT2D eigenvalue weighted by Crippen LogP contribution is -2.46. The molecule has 0 heterocycles. The van der Waals surface area contributed by atoms with Gasteiger partial charge in [0.2, 0.25) is 0 Å². The molecule has 0 atom stereocenters. The van der Waals surface area contributed by atoms with Crippen LogP contribution in [0.1, 0.15) is 72.6 Å². The van der Waals surface area contributed by atoms with Gasteiger partial charge >= 0.3 is 0 Å². The first kappa shape index (κ1) is 13.0. The molecule has 0 unspecified atom stereocenters. The minimum Gasteiger partial charge on any atom is -0.325 e. The Labute approximate surface area is 95.8 Å². The molecule has 0 amide bonds. The van der Waals surface area contributed by atoms with E-state index in [2.05, 4.69) is 27.7 Å². The Balaban J connectivity index is 2.47. The molecule has 0 saturated heterocycles. The van der Waals surface area contributed by atoms with Gasteiger partial charge in [-0.3, -0.25) is 0 Å². The summed E-state index contributed by atoms with van der Waals surface area (Å²) in [7, 11) is 0. The van der Waals surface area contributed by atoms with Crippen LogP contribution in [0, 0.1) is 11.3 Å². The van der Waals surface area contributed by atoms with E-state index < -0.39 is 0 Å². The molecule has 1 rings (SSSR count). The minimum atomic E-state index is 0.159. The van der Waals surface area contributed by atoms with Crippen molar-refractivity contribution in [2.45, 2.75) is 78.2 Å². The van der Waals surface area contributed by atoms with E-state index in [1.54, 1.807) is 0 Å². The van der Waals surface area contributed by atoms with Gasteiger partial charge in [0.05, 0.1) is 0 Å². The second-order valence-electron chi connectivity index (χ2n) is 6.41. The van der Waals surface area contributed by atoms with E-state index >= 15 is 0 Å². The molecule has 0 aliphatic heterocycles. The number of rotatable bonds is 4. The highest BCUT2D eigenvalue weighted by Crippen LogP contribution is 2.42. The molecule has 1 nitrogen and oxygen atoms in total. The average Bonchev–Trinajstić information content (AvgIpc) is 2.20. The van der Waals surface area contributed by atoms with Gasteiger partial charge in [0, 0.05) is 5.54 Å². The molecule has 15 heavy (non-hydrogen) atoms. The molecule has 0 aromatic carbocycles. The zero-order chi connectivity index (χ0) is 11.5. The zero-order valence-corrected chi connectivity index (χ0v) is 11.1. The lowest BCUT2D eigenvalue weighted by molar-refractivity contribution is 0.140. The highest BCUT2D eigenvalue weighted by Gasteiger charge is 2.36. The predicted molar refractivity (Wildman–Crippen MR) is 67.9 cm³/mol. The van der Waals surface area contributed by atoms with Gasteiger partial charge in [0.15, 0.2) is 0 Å². The molecule has 2 N–H and O–H groups in total. The molecular formula is C14H29N. The van der Waals surface area contributed by atoms with E-state index in [1.165, 1.54) is 44.9 Å². The molecule has 1 aliphatic rings. The van der Waals surface area contributed by atoms with Crippen molar-refractivity contribution in [1.29, 1.82) is 0 Å². The maximum atomic E-state index is 6.53. The van der Waals surface area contributed by atoms with Gasteiger partial charge in [-0.05, 0) is 43.4 Å². The van der Waals surface area contributed by atoms with Crippen molar-refractivity contribution >= 4 is 0 Å². The number of nitrogens with two attached hydrogens (primary N) is 1. The molecule has 0 aromatic rings. The first-order valence-corrected chi connectivity index (χ1v) is 6.70. The largest absolute Gasteiger partial charge is 0.325 e. The van der Waals surface area contributed by atoms with E-state index in [-0.39, 0.29) is 5.54 Å². The monoisotopic (exact) mass is 211 g/mol. The Morgan fingerprint density at radius 2 is 1.47 bits per heavy atom. The SMILES string of the molecule is CCC(CC)CC1(N)CCC(C)(C)CC1. The summed E-state index contributed by atoms with van der Waals surface area (Å²) < 4.78 is 0. The summed E-state index contributed by atoms with van der Waals surface area (Å²) >= 11 is 0. The fourth-order valence-corrected chi connectivity index (χ4v) is 2.78. The lowest BCUT2D eigenvalue weighted by atomic mass is 9.67. The second-order valence-corrected chi connectivity index (χ2v) is 6.41. The standard InChI is InChI=1S/C14H29N/c1-5-12(6-2)11-14(15)9-7-13(3,4)8-10-14/h12H,5-11,15H2,1-4H3. The molecule has 1 aliphatic carbocycles. The smallest absolute Gasteiger partial charge is 0.0157 e. The average molecular weight is 211 g/mol. The third kappa shape index (κ3) is 3.79. The number of hydrogen-bond acceptors (Lipinski definition) is 1. The van der Waals surface area contributed by atoms with Crippen LogP contribution in [0.15, 0.2) is 0 Å². The fourth-order valence-electron chi connectivity index (χ4n) is 2.78. The maximum Gasteiger partial charge on any atom is 0.0157 e. The van der Waals surface area contributed by atoms with Crippen molar-refractivity contribution in [3.63, 3.8) is 0 Å². The van der Waals surface area contributed by atoms with E-state index in [4.69, 9.17) is 5.73 Å². The van der Waals surface area contributed by atoms with Gasteiger partial charge in [-0.1, -0.05) is 40.5 Å². The van der Waals surface area contributed by atoms with Gasteiger partial charge < -0.3 is 5.73 Å². The van der Waals surface area contributed by atoms with Crippen molar-refractivity contribution in [3.8, 4) is 0 Å². The summed E-state index contributed by atoms with van der Waals surface area (Å²) in [4.78, 5) is 0.